The second kappa shape index (κ2) is 8.74. The second-order valence-electron chi connectivity index (χ2n) is 7.55. The van der Waals surface area contributed by atoms with Crippen LogP contribution in [0.2, 0.25) is 0 Å². The van der Waals surface area contributed by atoms with Crippen molar-refractivity contribution in [3.8, 4) is 17.0 Å². The Bertz CT molecular complexity index is 1410. The highest BCUT2D eigenvalue weighted by Gasteiger charge is 2.19. The summed E-state index contributed by atoms with van der Waals surface area (Å²) in [5.74, 6) is -0.223. The molecular weight excluding hydrogens is 452 g/mol. The zero-order valence-electron chi connectivity index (χ0n) is 18.3. The Morgan fingerprint density at radius 3 is 2.58 bits per heavy atom. The van der Waals surface area contributed by atoms with Crippen molar-refractivity contribution in [1.82, 2.24) is 19.7 Å². The first-order valence-corrected chi connectivity index (χ1v) is 10.8. The van der Waals surface area contributed by atoms with Crippen molar-refractivity contribution in [1.29, 1.82) is 0 Å². The molecule has 4 rings (SSSR count). The Hall–Kier alpha value is -3.60. The summed E-state index contributed by atoms with van der Waals surface area (Å²) in [6, 6.07) is 6.16. The minimum atomic E-state index is -2.89. The van der Waals surface area contributed by atoms with E-state index < -0.39 is 6.61 Å². The summed E-state index contributed by atoms with van der Waals surface area (Å²) >= 11 is 1.31. The summed E-state index contributed by atoms with van der Waals surface area (Å²) in [6.07, 6.45) is 0.0442. The molecule has 0 saturated carbocycles. The number of hydrogen-bond acceptors (Lipinski definition) is 6. The Balaban J connectivity index is 1.53. The van der Waals surface area contributed by atoms with Gasteiger partial charge in [-0.3, -0.25) is 19.4 Å². The third kappa shape index (κ3) is 4.49. The van der Waals surface area contributed by atoms with Gasteiger partial charge in [-0.15, -0.1) is 11.3 Å². The molecule has 1 amide bonds. The lowest BCUT2D eigenvalue weighted by atomic mass is 10.0. The average molecular weight is 474 g/mol. The molecule has 8 nitrogen and oxygen atoms in total. The molecule has 172 valence electrons. The summed E-state index contributed by atoms with van der Waals surface area (Å²) in [5.41, 5.74) is 3.75. The van der Waals surface area contributed by atoms with Gasteiger partial charge >= 0.3 is 6.61 Å². The van der Waals surface area contributed by atoms with E-state index in [2.05, 4.69) is 25.1 Å². The van der Waals surface area contributed by atoms with E-state index in [1.807, 2.05) is 13.8 Å². The van der Waals surface area contributed by atoms with Crippen LogP contribution in [-0.4, -0.2) is 32.3 Å². The van der Waals surface area contributed by atoms with Gasteiger partial charge in [-0.25, -0.2) is 9.97 Å². The first kappa shape index (κ1) is 22.6. The molecule has 2 N–H and O–H groups in total. The maximum absolute atomic E-state index is 12.8. The number of amides is 1. The highest BCUT2D eigenvalue weighted by atomic mass is 32.1. The standard InChI is InChI=1S/C22H21F2N5O3S/c1-10-15(11(2)25-19-17(10)20(31)28-29(19)4)9-16(30)26-22-27-18(12(3)33-22)13-5-7-14(8-6-13)32-21(23)24/h5-8,21H,9H2,1-4H3,(H,28,31)(H,26,27,30). The first-order valence-electron chi connectivity index (χ1n) is 10.0. The van der Waals surface area contributed by atoms with Gasteiger partial charge < -0.3 is 10.1 Å². The van der Waals surface area contributed by atoms with Crippen molar-refractivity contribution in [2.24, 2.45) is 7.05 Å². The van der Waals surface area contributed by atoms with Gasteiger partial charge in [0.25, 0.3) is 5.56 Å². The fraction of sp³-hybridized carbons (Fsp3) is 0.273. The number of fused-ring (bicyclic) bond motifs is 1. The summed E-state index contributed by atoms with van der Waals surface area (Å²) in [7, 11) is 1.71. The smallest absolute Gasteiger partial charge is 0.387 e. The number of nitrogens with zero attached hydrogens (tertiary/aromatic N) is 3. The maximum Gasteiger partial charge on any atom is 0.387 e. The van der Waals surface area contributed by atoms with Gasteiger partial charge in [-0.1, -0.05) is 0 Å². The quantitative estimate of drug-likeness (QED) is 0.439. The van der Waals surface area contributed by atoms with Crippen LogP contribution >= 0.6 is 11.3 Å². The normalized spacial score (nSPS) is 11.4. The average Bonchev–Trinajstić information content (AvgIpc) is 3.23. The van der Waals surface area contributed by atoms with Gasteiger partial charge in [0.1, 0.15) is 5.75 Å². The number of nitrogens with one attached hydrogen (secondary N) is 2. The minimum absolute atomic E-state index is 0.0442. The summed E-state index contributed by atoms with van der Waals surface area (Å²) in [6.45, 7) is 2.59. The number of benzene rings is 1. The second-order valence-corrected chi connectivity index (χ2v) is 8.75. The summed E-state index contributed by atoms with van der Waals surface area (Å²) < 4.78 is 30.6. The molecule has 0 aliphatic heterocycles. The Morgan fingerprint density at radius 2 is 1.91 bits per heavy atom. The number of aryl methyl sites for hydroxylation is 4. The van der Waals surface area contributed by atoms with Crippen molar-refractivity contribution in [3.05, 3.63) is 56.3 Å². The number of rotatable bonds is 6. The first-order chi connectivity index (χ1) is 15.6. The van der Waals surface area contributed by atoms with Crippen LogP contribution in [0.4, 0.5) is 13.9 Å². The van der Waals surface area contributed by atoms with E-state index in [1.54, 1.807) is 30.8 Å². The number of carbonyl (C=O) groups is 1. The molecule has 33 heavy (non-hydrogen) atoms. The molecule has 3 aromatic heterocycles. The molecule has 0 saturated heterocycles. The molecule has 0 radical (unpaired) electrons. The third-order valence-corrected chi connectivity index (χ3v) is 6.20. The molecule has 0 aliphatic rings. The topological polar surface area (TPSA) is 102 Å². The molecule has 0 bridgehead atoms. The lowest BCUT2D eigenvalue weighted by Crippen LogP contribution is -2.17. The van der Waals surface area contributed by atoms with E-state index in [1.165, 1.54) is 23.5 Å². The van der Waals surface area contributed by atoms with Gasteiger partial charge in [0.05, 0.1) is 17.5 Å². The maximum atomic E-state index is 12.8. The van der Waals surface area contributed by atoms with Crippen molar-refractivity contribution >= 4 is 33.4 Å². The number of pyridine rings is 1. The Kier molecular flexibility index (Phi) is 5.98. The van der Waals surface area contributed by atoms with Crippen LogP contribution in [0.25, 0.3) is 22.3 Å². The van der Waals surface area contributed by atoms with E-state index in [4.69, 9.17) is 0 Å². The van der Waals surface area contributed by atoms with Crippen LogP contribution in [0.1, 0.15) is 21.7 Å². The van der Waals surface area contributed by atoms with E-state index in [9.17, 15) is 18.4 Å². The predicted molar refractivity (Wildman–Crippen MR) is 122 cm³/mol. The monoisotopic (exact) mass is 473 g/mol. The zero-order valence-corrected chi connectivity index (χ0v) is 19.1. The van der Waals surface area contributed by atoms with E-state index in [-0.39, 0.29) is 23.6 Å². The number of halogens is 2. The Morgan fingerprint density at radius 1 is 1.21 bits per heavy atom. The Labute approximate surface area is 191 Å². The van der Waals surface area contributed by atoms with Crippen LogP contribution in [0.3, 0.4) is 0 Å². The molecule has 0 unspecified atom stereocenters. The molecule has 0 fully saturated rings. The fourth-order valence-corrected chi connectivity index (χ4v) is 4.60. The lowest BCUT2D eigenvalue weighted by Gasteiger charge is -2.10. The molecular formula is C22H21F2N5O3S. The molecule has 0 spiro atoms. The fourth-order valence-electron chi connectivity index (χ4n) is 3.74. The van der Waals surface area contributed by atoms with Gasteiger partial charge in [0.15, 0.2) is 10.8 Å². The van der Waals surface area contributed by atoms with Gasteiger partial charge in [0, 0.05) is 23.2 Å². The van der Waals surface area contributed by atoms with Crippen molar-refractivity contribution in [3.63, 3.8) is 0 Å². The number of carbonyl (C=O) groups excluding carboxylic acids is 1. The minimum Gasteiger partial charge on any atom is -0.435 e. The SMILES string of the molecule is Cc1nc2c(c(C)c1CC(=O)Nc1nc(-c3ccc(OC(F)F)cc3)c(C)s1)c(=O)[nH]n2C. The summed E-state index contributed by atoms with van der Waals surface area (Å²) in [5, 5.41) is 6.38. The lowest BCUT2D eigenvalue weighted by molar-refractivity contribution is -0.115. The van der Waals surface area contributed by atoms with E-state index in [0.29, 0.717) is 33.1 Å². The number of hydrogen-bond donors (Lipinski definition) is 2. The van der Waals surface area contributed by atoms with E-state index >= 15 is 0 Å². The molecule has 11 heteroatoms. The molecule has 0 atom stereocenters. The van der Waals surface area contributed by atoms with Gasteiger partial charge in [0.2, 0.25) is 5.91 Å². The van der Waals surface area contributed by atoms with Gasteiger partial charge in [-0.05, 0) is 56.2 Å². The van der Waals surface area contributed by atoms with Crippen LogP contribution in [0.15, 0.2) is 29.1 Å². The van der Waals surface area contributed by atoms with Gasteiger partial charge in [-0.2, -0.15) is 8.78 Å². The molecule has 4 aromatic rings. The highest BCUT2D eigenvalue weighted by molar-refractivity contribution is 7.16. The van der Waals surface area contributed by atoms with Crippen LogP contribution in [0, 0.1) is 20.8 Å². The molecule has 1 aromatic carbocycles. The molecule has 3 heterocycles. The van der Waals surface area contributed by atoms with Crippen molar-refractivity contribution in [2.75, 3.05) is 5.32 Å². The number of alkyl halides is 2. The third-order valence-electron chi connectivity index (χ3n) is 5.31. The number of H-pyrrole nitrogens is 1. The largest absolute Gasteiger partial charge is 0.435 e. The van der Waals surface area contributed by atoms with Crippen molar-refractivity contribution in [2.45, 2.75) is 33.8 Å². The van der Waals surface area contributed by atoms with Crippen LogP contribution in [-0.2, 0) is 18.3 Å². The predicted octanol–water partition coefficient (Wildman–Crippen LogP) is 4.09. The number of anilines is 1. The number of ether oxygens (including phenoxy) is 1. The number of aromatic amines is 1. The summed E-state index contributed by atoms with van der Waals surface area (Å²) in [4.78, 5) is 34.8. The van der Waals surface area contributed by atoms with E-state index in [0.717, 1.165) is 16.0 Å². The highest BCUT2D eigenvalue weighted by Crippen LogP contribution is 2.32. The van der Waals surface area contributed by atoms with Crippen LogP contribution in [0.5, 0.6) is 5.75 Å². The zero-order chi connectivity index (χ0) is 23.9. The number of aromatic nitrogens is 4. The van der Waals surface area contributed by atoms with Crippen molar-refractivity contribution < 1.29 is 18.3 Å². The van der Waals surface area contributed by atoms with Crippen LogP contribution < -0.4 is 15.6 Å². The molecule has 0 aliphatic carbocycles. The number of thiazole rings is 1.